The summed E-state index contributed by atoms with van der Waals surface area (Å²) in [5.74, 6) is 0.430. The minimum atomic E-state index is 0. The normalized spacial score (nSPS) is 18.4. The molecule has 20 heavy (non-hydrogen) atoms. The summed E-state index contributed by atoms with van der Waals surface area (Å²) in [6.45, 7) is 4.47. The predicted octanol–water partition coefficient (Wildman–Crippen LogP) is 3.83. The summed E-state index contributed by atoms with van der Waals surface area (Å²) in [5, 5.41) is 10.1. The standard InChI is InChI=1S/C15H22N2O.2ClH/c18-15-7-6-13(16-8-4-5-9-16)12-14(15)17-10-2-1-3-11-17;;/h6-7,12,18H,1-5,8-11H2;2*1H. The summed E-state index contributed by atoms with van der Waals surface area (Å²) < 4.78 is 0. The van der Waals surface area contributed by atoms with Crippen LogP contribution >= 0.6 is 24.8 Å². The van der Waals surface area contributed by atoms with E-state index >= 15 is 0 Å². The summed E-state index contributed by atoms with van der Waals surface area (Å²) in [6.07, 6.45) is 6.39. The highest BCUT2D eigenvalue weighted by Crippen LogP contribution is 2.34. The van der Waals surface area contributed by atoms with Crippen LogP contribution < -0.4 is 9.80 Å². The number of nitrogens with zero attached hydrogens (tertiary/aromatic N) is 2. The van der Waals surface area contributed by atoms with E-state index in [-0.39, 0.29) is 24.8 Å². The van der Waals surface area contributed by atoms with Gasteiger partial charge in [0.25, 0.3) is 0 Å². The van der Waals surface area contributed by atoms with Crippen LogP contribution in [0.5, 0.6) is 5.75 Å². The van der Waals surface area contributed by atoms with Crippen LogP contribution in [-0.2, 0) is 0 Å². The lowest BCUT2D eigenvalue weighted by atomic mass is 10.1. The first-order valence-corrected chi connectivity index (χ1v) is 7.17. The lowest BCUT2D eigenvalue weighted by molar-refractivity contribution is 0.469. The second-order valence-corrected chi connectivity index (χ2v) is 5.41. The number of benzene rings is 1. The summed E-state index contributed by atoms with van der Waals surface area (Å²) in [4.78, 5) is 4.76. The van der Waals surface area contributed by atoms with Crippen molar-refractivity contribution in [2.75, 3.05) is 36.0 Å². The van der Waals surface area contributed by atoms with Gasteiger partial charge in [0, 0.05) is 31.9 Å². The summed E-state index contributed by atoms with van der Waals surface area (Å²) in [5.41, 5.74) is 2.30. The van der Waals surface area contributed by atoms with Gasteiger partial charge in [-0.05, 0) is 50.3 Å². The molecule has 0 aliphatic carbocycles. The van der Waals surface area contributed by atoms with Crippen LogP contribution in [0.3, 0.4) is 0 Å². The molecular formula is C15H24Cl2N2O. The molecule has 1 N–H and O–H groups in total. The highest BCUT2D eigenvalue weighted by Gasteiger charge is 2.18. The predicted molar refractivity (Wildman–Crippen MR) is 90.1 cm³/mol. The fraction of sp³-hybridized carbons (Fsp3) is 0.600. The van der Waals surface area contributed by atoms with Crippen molar-refractivity contribution in [1.82, 2.24) is 0 Å². The average molecular weight is 319 g/mol. The van der Waals surface area contributed by atoms with Gasteiger partial charge in [-0.25, -0.2) is 0 Å². The molecule has 2 aliphatic rings. The molecule has 0 aromatic heterocycles. The number of phenolic OH excluding ortho intramolecular Hbond substituents is 1. The summed E-state index contributed by atoms with van der Waals surface area (Å²) >= 11 is 0. The molecule has 0 amide bonds. The SMILES string of the molecule is Cl.Cl.Oc1ccc(N2CCCC2)cc1N1CCCCC1. The first kappa shape index (κ1) is 17.3. The third-order valence-corrected chi connectivity index (χ3v) is 4.13. The minimum Gasteiger partial charge on any atom is -0.506 e. The summed E-state index contributed by atoms with van der Waals surface area (Å²) in [7, 11) is 0. The van der Waals surface area contributed by atoms with Crippen LogP contribution in [0.25, 0.3) is 0 Å². The van der Waals surface area contributed by atoms with Crippen molar-refractivity contribution in [3.8, 4) is 5.75 Å². The van der Waals surface area contributed by atoms with Crippen molar-refractivity contribution in [1.29, 1.82) is 0 Å². The molecule has 0 unspecified atom stereocenters. The number of aromatic hydroxyl groups is 1. The number of rotatable bonds is 2. The average Bonchev–Trinajstić information content (AvgIpc) is 2.94. The molecule has 0 radical (unpaired) electrons. The van der Waals surface area contributed by atoms with Crippen molar-refractivity contribution in [2.24, 2.45) is 0 Å². The van der Waals surface area contributed by atoms with Crippen LogP contribution in [0.15, 0.2) is 18.2 Å². The van der Waals surface area contributed by atoms with E-state index in [1.165, 1.54) is 37.8 Å². The molecule has 5 heteroatoms. The van der Waals surface area contributed by atoms with Gasteiger partial charge in [0.2, 0.25) is 0 Å². The number of hydrogen-bond acceptors (Lipinski definition) is 3. The highest BCUT2D eigenvalue weighted by atomic mass is 35.5. The second-order valence-electron chi connectivity index (χ2n) is 5.41. The monoisotopic (exact) mass is 318 g/mol. The molecule has 3 rings (SSSR count). The van der Waals surface area contributed by atoms with Gasteiger partial charge in [-0.1, -0.05) is 0 Å². The maximum atomic E-state index is 10.1. The number of hydrogen-bond donors (Lipinski definition) is 1. The Morgan fingerprint density at radius 3 is 1.95 bits per heavy atom. The minimum absolute atomic E-state index is 0. The van der Waals surface area contributed by atoms with Gasteiger partial charge in [-0.3, -0.25) is 0 Å². The Labute approximate surface area is 133 Å². The summed E-state index contributed by atoms with van der Waals surface area (Å²) in [6, 6.07) is 6.08. The van der Waals surface area contributed by atoms with Gasteiger partial charge >= 0.3 is 0 Å². The van der Waals surface area contributed by atoms with E-state index in [2.05, 4.69) is 15.9 Å². The van der Waals surface area contributed by atoms with E-state index in [1.54, 1.807) is 0 Å². The van der Waals surface area contributed by atoms with Crippen LogP contribution in [-0.4, -0.2) is 31.3 Å². The number of piperidine rings is 1. The smallest absolute Gasteiger partial charge is 0.139 e. The molecule has 1 aromatic rings. The van der Waals surface area contributed by atoms with Crippen LogP contribution in [0, 0.1) is 0 Å². The first-order valence-electron chi connectivity index (χ1n) is 7.17. The van der Waals surface area contributed by atoms with Gasteiger partial charge in [0.05, 0.1) is 5.69 Å². The van der Waals surface area contributed by atoms with Crippen LogP contribution in [0.4, 0.5) is 11.4 Å². The third kappa shape index (κ3) is 3.64. The van der Waals surface area contributed by atoms with E-state index < -0.39 is 0 Å². The molecule has 0 bridgehead atoms. The van der Waals surface area contributed by atoms with Gasteiger partial charge in [-0.15, -0.1) is 24.8 Å². The van der Waals surface area contributed by atoms with Crippen molar-refractivity contribution in [3.05, 3.63) is 18.2 Å². The number of phenols is 1. The van der Waals surface area contributed by atoms with Crippen LogP contribution in [0.2, 0.25) is 0 Å². The molecule has 3 nitrogen and oxygen atoms in total. The first-order chi connectivity index (χ1) is 8.84. The van der Waals surface area contributed by atoms with E-state index in [1.807, 2.05) is 12.1 Å². The van der Waals surface area contributed by atoms with E-state index in [4.69, 9.17) is 0 Å². The Hall–Kier alpha value is -0.800. The lowest BCUT2D eigenvalue weighted by Crippen LogP contribution is -2.29. The van der Waals surface area contributed by atoms with Gasteiger partial charge in [0.1, 0.15) is 5.75 Å². The van der Waals surface area contributed by atoms with Crippen molar-refractivity contribution in [3.63, 3.8) is 0 Å². The zero-order chi connectivity index (χ0) is 12.4. The maximum Gasteiger partial charge on any atom is 0.139 e. The van der Waals surface area contributed by atoms with Gasteiger partial charge in [0.15, 0.2) is 0 Å². The zero-order valence-electron chi connectivity index (χ0n) is 11.8. The number of halogens is 2. The van der Waals surface area contributed by atoms with Crippen molar-refractivity contribution in [2.45, 2.75) is 32.1 Å². The fourth-order valence-electron chi connectivity index (χ4n) is 3.07. The molecule has 1 aromatic carbocycles. The Morgan fingerprint density at radius 1 is 0.750 bits per heavy atom. The van der Waals surface area contributed by atoms with E-state index in [9.17, 15) is 5.11 Å². The molecule has 2 aliphatic heterocycles. The Kier molecular flexibility index (Phi) is 6.77. The fourth-order valence-corrected chi connectivity index (χ4v) is 3.07. The van der Waals surface area contributed by atoms with Crippen LogP contribution in [0.1, 0.15) is 32.1 Å². The van der Waals surface area contributed by atoms with Crippen molar-refractivity contribution >= 4 is 36.2 Å². The molecule has 2 fully saturated rings. The van der Waals surface area contributed by atoms with Gasteiger partial charge in [-0.2, -0.15) is 0 Å². The number of anilines is 2. The Balaban J connectivity index is 0.000001000. The third-order valence-electron chi connectivity index (χ3n) is 4.13. The van der Waals surface area contributed by atoms with Gasteiger partial charge < -0.3 is 14.9 Å². The second kappa shape index (κ2) is 7.84. The topological polar surface area (TPSA) is 26.7 Å². The Morgan fingerprint density at radius 2 is 1.30 bits per heavy atom. The van der Waals surface area contributed by atoms with E-state index in [0.29, 0.717) is 5.75 Å². The Bertz CT molecular complexity index is 416. The highest BCUT2D eigenvalue weighted by molar-refractivity contribution is 5.85. The molecule has 2 saturated heterocycles. The molecule has 0 spiro atoms. The van der Waals surface area contributed by atoms with E-state index in [0.717, 1.165) is 31.9 Å². The van der Waals surface area contributed by atoms with Crippen molar-refractivity contribution < 1.29 is 5.11 Å². The lowest BCUT2D eigenvalue weighted by Gasteiger charge is -2.30. The largest absolute Gasteiger partial charge is 0.506 e. The molecule has 0 saturated carbocycles. The zero-order valence-corrected chi connectivity index (χ0v) is 13.4. The molecule has 0 atom stereocenters. The molecule has 2 heterocycles. The maximum absolute atomic E-state index is 10.1. The molecular weight excluding hydrogens is 295 g/mol. The molecule has 114 valence electrons. The quantitative estimate of drug-likeness (QED) is 0.897.